The summed E-state index contributed by atoms with van der Waals surface area (Å²) in [6.45, 7) is 0.648. The molecule has 0 atom stereocenters. The first-order valence-electron chi connectivity index (χ1n) is 6.77. The Morgan fingerprint density at radius 1 is 1.00 bits per heavy atom. The first kappa shape index (κ1) is 14.5. The molecule has 22 heavy (non-hydrogen) atoms. The molecule has 2 aromatic carbocycles. The van der Waals surface area contributed by atoms with Crippen LogP contribution in [0.5, 0.6) is 0 Å². The van der Waals surface area contributed by atoms with Crippen LogP contribution in [0, 0.1) is 0 Å². The van der Waals surface area contributed by atoms with E-state index in [2.05, 4.69) is 10.3 Å². The van der Waals surface area contributed by atoms with Crippen molar-refractivity contribution in [2.75, 3.05) is 6.26 Å². The van der Waals surface area contributed by atoms with Crippen molar-refractivity contribution in [1.29, 1.82) is 0 Å². The highest BCUT2D eigenvalue weighted by Crippen LogP contribution is 2.19. The molecule has 6 heteroatoms. The molecule has 0 N–H and O–H groups in total. The third-order valence-corrected chi connectivity index (χ3v) is 4.43. The Hall–Kier alpha value is -2.47. The van der Waals surface area contributed by atoms with Gasteiger partial charge in [-0.3, -0.25) is 0 Å². The Labute approximate surface area is 129 Å². The molecule has 0 amide bonds. The fourth-order valence-corrected chi connectivity index (χ4v) is 2.78. The smallest absolute Gasteiger partial charge is 0.175 e. The fraction of sp³-hybridized carbons (Fsp3) is 0.125. The Morgan fingerprint density at radius 2 is 1.68 bits per heavy atom. The molecule has 3 rings (SSSR count). The average molecular weight is 313 g/mol. The zero-order valence-electron chi connectivity index (χ0n) is 12.0. The van der Waals surface area contributed by atoms with E-state index in [0.717, 1.165) is 16.8 Å². The SMILES string of the molecule is CS(=O)(=O)c1ccc(-c2cn(Cc3ccccc3)nn2)cc1. The van der Waals surface area contributed by atoms with Crippen LogP contribution in [0.3, 0.4) is 0 Å². The zero-order chi connectivity index (χ0) is 15.6. The number of rotatable bonds is 4. The second-order valence-corrected chi connectivity index (χ2v) is 7.10. The fourth-order valence-electron chi connectivity index (χ4n) is 2.15. The van der Waals surface area contributed by atoms with E-state index in [4.69, 9.17) is 0 Å². The van der Waals surface area contributed by atoms with Crippen molar-refractivity contribution in [1.82, 2.24) is 15.0 Å². The Kier molecular flexibility index (Phi) is 3.77. The number of aromatic nitrogens is 3. The normalized spacial score (nSPS) is 11.5. The molecule has 0 saturated carbocycles. The maximum absolute atomic E-state index is 11.5. The summed E-state index contributed by atoms with van der Waals surface area (Å²) in [5.41, 5.74) is 2.70. The van der Waals surface area contributed by atoms with Gasteiger partial charge in [-0.05, 0) is 17.7 Å². The van der Waals surface area contributed by atoms with Crippen molar-refractivity contribution in [2.24, 2.45) is 0 Å². The average Bonchev–Trinajstić information content (AvgIpc) is 2.96. The lowest BCUT2D eigenvalue weighted by Crippen LogP contribution is -1.99. The lowest BCUT2D eigenvalue weighted by atomic mass is 10.2. The standard InChI is InChI=1S/C16H15N3O2S/c1-22(20,21)15-9-7-14(8-10-15)16-12-19(18-17-16)11-13-5-3-2-4-6-13/h2-10,12H,11H2,1H3. The van der Waals surface area contributed by atoms with Gasteiger partial charge in [-0.25, -0.2) is 13.1 Å². The van der Waals surface area contributed by atoms with Gasteiger partial charge in [0.15, 0.2) is 9.84 Å². The van der Waals surface area contributed by atoms with Crippen LogP contribution < -0.4 is 0 Å². The van der Waals surface area contributed by atoms with E-state index in [1.165, 1.54) is 6.26 Å². The van der Waals surface area contributed by atoms with Crippen molar-refractivity contribution < 1.29 is 8.42 Å². The minimum atomic E-state index is -3.18. The summed E-state index contributed by atoms with van der Waals surface area (Å²) in [6.07, 6.45) is 3.04. The Bertz CT molecular complexity index is 869. The summed E-state index contributed by atoms with van der Waals surface area (Å²) in [4.78, 5) is 0.299. The van der Waals surface area contributed by atoms with Gasteiger partial charge in [0.05, 0.1) is 17.6 Å². The highest BCUT2D eigenvalue weighted by Gasteiger charge is 2.09. The largest absolute Gasteiger partial charge is 0.247 e. The molecule has 0 saturated heterocycles. The second-order valence-electron chi connectivity index (χ2n) is 5.08. The summed E-state index contributed by atoms with van der Waals surface area (Å²) in [6, 6.07) is 16.7. The Morgan fingerprint density at radius 3 is 2.32 bits per heavy atom. The predicted molar refractivity (Wildman–Crippen MR) is 84.1 cm³/mol. The number of sulfone groups is 1. The van der Waals surface area contributed by atoms with E-state index in [0.29, 0.717) is 11.4 Å². The molecule has 0 bridgehead atoms. The van der Waals surface area contributed by atoms with E-state index in [1.807, 2.05) is 36.5 Å². The number of hydrogen-bond donors (Lipinski definition) is 0. The number of nitrogens with zero attached hydrogens (tertiary/aromatic N) is 3. The van der Waals surface area contributed by atoms with E-state index in [-0.39, 0.29) is 0 Å². The summed E-state index contributed by atoms with van der Waals surface area (Å²) in [5, 5.41) is 8.25. The van der Waals surface area contributed by atoms with Crippen LogP contribution in [0.4, 0.5) is 0 Å². The lowest BCUT2D eigenvalue weighted by molar-refractivity contribution is 0.602. The van der Waals surface area contributed by atoms with Crippen molar-refractivity contribution in [2.45, 2.75) is 11.4 Å². The summed E-state index contributed by atoms with van der Waals surface area (Å²) in [7, 11) is -3.18. The zero-order valence-corrected chi connectivity index (χ0v) is 12.9. The van der Waals surface area contributed by atoms with E-state index in [1.54, 1.807) is 28.9 Å². The van der Waals surface area contributed by atoms with Gasteiger partial charge in [0.2, 0.25) is 0 Å². The maximum Gasteiger partial charge on any atom is 0.175 e. The topological polar surface area (TPSA) is 64.8 Å². The predicted octanol–water partition coefficient (Wildman–Crippen LogP) is 2.40. The monoisotopic (exact) mass is 313 g/mol. The molecule has 0 unspecified atom stereocenters. The van der Waals surface area contributed by atoms with Gasteiger partial charge in [-0.2, -0.15) is 0 Å². The van der Waals surface area contributed by atoms with Gasteiger partial charge in [0.25, 0.3) is 0 Å². The van der Waals surface area contributed by atoms with Crippen molar-refractivity contribution >= 4 is 9.84 Å². The molecule has 5 nitrogen and oxygen atoms in total. The lowest BCUT2D eigenvalue weighted by Gasteiger charge is -2.00. The molecule has 112 valence electrons. The van der Waals surface area contributed by atoms with Crippen LogP contribution in [0.2, 0.25) is 0 Å². The molecule has 0 aliphatic rings. The number of benzene rings is 2. The molecule has 3 aromatic rings. The van der Waals surface area contributed by atoms with Gasteiger partial charge in [-0.15, -0.1) is 5.10 Å². The molecule has 0 aliphatic carbocycles. The van der Waals surface area contributed by atoms with E-state index >= 15 is 0 Å². The highest BCUT2D eigenvalue weighted by atomic mass is 32.2. The minimum Gasteiger partial charge on any atom is -0.247 e. The van der Waals surface area contributed by atoms with Crippen LogP contribution in [0.25, 0.3) is 11.3 Å². The van der Waals surface area contributed by atoms with Gasteiger partial charge in [0, 0.05) is 11.8 Å². The van der Waals surface area contributed by atoms with Gasteiger partial charge < -0.3 is 0 Å². The molecular weight excluding hydrogens is 298 g/mol. The summed E-state index contributed by atoms with van der Waals surface area (Å²) >= 11 is 0. The molecule has 1 heterocycles. The van der Waals surface area contributed by atoms with Crippen LogP contribution in [-0.2, 0) is 16.4 Å². The quantitative estimate of drug-likeness (QED) is 0.742. The van der Waals surface area contributed by atoms with Crippen LogP contribution in [0.15, 0.2) is 65.7 Å². The van der Waals surface area contributed by atoms with Gasteiger partial charge >= 0.3 is 0 Å². The van der Waals surface area contributed by atoms with Crippen LogP contribution in [-0.4, -0.2) is 29.7 Å². The van der Waals surface area contributed by atoms with Crippen LogP contribution >= 0.6 is 0 Å². The summed E-state index contributed by atoms with van der Waals surface area (Å²) in [5.74, 6) is 0. The first-order chi connectivity index (χ1) is 10.5. The first-order valence-corrected chi connectivity index (χ1v) is 8.66. The summed E-state index contributed by atoms with van der Waals surface area (Å²) < 4.78 is 24.7. The molecule has 0 aliphatic heterocycles. The number of hydrogen-bond acceptors (Lipinski definition) is 4. The maximum atomic E-state index is 11.5. The van der Waals surface area contributed by atoms with Crippen molar-refractivity contribution in [3.63, 3.8) is 0 Å². The van der Waals surface area contributed by atoms with E-state index in [9.17, 15) is 8.42 Å². The highest BCUT2D eigenvalue weighted by molar-refractivity contribution is 7.90. The van der Waals surface area contributed by atoms with Gasteiger partial charge in [0.1, 0.15) is 5.69 Å². The third kappa shape index (κ3) is 3.23. The van der Waals surface area contributed by atoms with Crippen molar-refractivity contribution in [3.8, 4) is 11.3 Å². The second kappa shape index (κ2) is 5.73. The molecule has 1 aromatic heterocycles. The molecular formula is C16H15N3O2S. The molecule has 0 fully saturated rings. The minimum absolute atomic E-state index is 0.299. The third-order valence-electron chi connectivity index (χ3n) is 3.30. The molecule has 0 spiro atoms. The molecule has 0 radical (unpaired) electrons. The van der Waals surface area contributed by atoms with Crippen LogP contribution in [0.1, 0.15) is 5.56 Å². The van der Waals surface area contributed by atoms with Gasteiger partial charge in [-0.1, -0.05) is 47.7 Å². The van der Waals surface area contributed by atoms with Crippen molar-refractivity contribution in [3.05, 3.63) is 66.4 Å². The Balaban J connectivity index is 1.82. The van der Waals surface area contributed by atoms with E-state index < -0.39 is 9.84 Å².